The van der Waals surface area contributed by atoms with Gasteiger partial charge in [0.15, 0.2) is 0 Å². The van der Waals surface area contributed by atoms with Crippen molar-refractivity contribution in [1.29, 1.82) is 5.26 Å². The molecule has 0 aliphatic heterocycles. The fourth-order valence-electron chi connectivity index (χ4n) is 3.62. The van der Waals surface area contributed by atoms with Gasteiger partial charge in [-0.2, -0.15) is 5.26 Å². The van der Waals surface area contributed by atoms with E-state index in [4.69, 9.17) is 5.73 Å². The predicted molar refractivity (Wildman–Crippen MR) is 82.4 cm³/mol. The molecule has 2 saturated carbocycles. The molecule has 0 saturated heterocycles. The lowest BCUT2D eigenvalue weighted by Gasteiger charge is -2.35. The Bertz CT molecular complexity index is 390. The van der Waals surface area contributed by atoms with E-state index in [2.05, 4.69) is 16.3 Å². The number of carbonyl (C=O) groups is 1. The summed E-state index contributed by atoms with van der Waals surface area (Å²) >= 11 is 0. The van der Waals surface area contributed by atoms with E-state index in [1.54, 1.807) is 0 Å². The van der Waals surface area contributed by atoms with Crippen molar-refractivity contribution in [3.8, 4) is 6.07 Å². The van der Waals surface area contributed by atoms with Crippen molar-refractivity contribution in [2.45, 2.75) is 75.4 Å². The first-order valence-corrected chi connectivity index (χ1v) is 8.23. The van der Waals surface area contributed by atoms with Gasteiger partial charge in [0, 0.05) is 12.1 Å². The summed E-state index contributed by atoms with van der Waals surface area (Å²) in [7, 11) is 2.00. The molecular formula is C16H28N4O. The lowest BCUT2D eigenvalue weighted by atomic mass is 9.83. The molecule has 0 unspecified atom stereocenters. The van der Waals surface area contributed by atoms with Gasteiger partial charge in [0.2, 0.25) is 5.91 Å². The monoisotopic (exact) mass is 292 g/mol. The molecule has 0 atom stereocenters. The molecule has 2 fully saturated rings. The molecule has 0 bridgehead atoms. The van der Waals surface area contributed by atoms with Gasteiger partial charge in [-0.15, -0.1) is 0 Å². The van der Waals surface area contributed by atoms with Crippen molar-refractivity contribution >= 4 is 5.91 Å². The largest absolute Gasteiger partial charge is 0.337 e. The summed E-state index contributed by atoms with van der Waals surface area (Å²) in [4.78, 5) is 14.4. The molecule has 2 rings (SSSR count). The zero-order valence-electron chi connectivity index (χ0n) is 13.1. The van der Waals surface area contributed by atoms with Crippen LogP contribution in [0.15, 0.2) is 0 Å². The Labute approximate surface area is 127 Å². The van der Waals surface area contributed by atoms with Gasteiger partial charge >= 0.3 is 0 Å². The molecule has 0 aromatic rings. The van der Waals surface area contributed by atoms with Gasteiger partial charge < -0.3 is 11.1 Å². The maximum Gasteiger partial charge on any atom is 0.235 e. The Morgan fingerprint density at radius 1 is 1.29 bits per heavy atom. The molecule has 0 spiro atoms. The second-order valence-electron chi connectivity index (χ2n) is 6.79. The molecule has 21 heavy (non-hydrogen) atoms. The number of hydrogen-bond acceptors (Lipinski definition) is 4. The standard InChI is InChI=1S/C16H28N4O/c1-20(14-7-5-13(18)6-8-14)11-15(21)19-16(12-17)9-3-2-4-10-16/h13-14H,2-11,18H2,1H3,(H,19,21). The van der Waals surface area contributed by atoms with Gasteiger partial charge in [-0.3, -0.25) is 9.69 Å². The third-order valence-electron chi connectivity index (χ3n) is 5.06. The van der Waals surface area contributed by atoms with Crippen molar-refractivity contribution in [3.63, 3.8) is 0 Å². The van der Waals surface area contributed by atoms with Crippen LogP contribution < -0.4 is 11.1 Å². The van der Waals surface area contributed by atoms with Crippen LogP contribution in [0.25, 0.3) is 0 Å². The van der Waals surface area contributed by atoms with Gasteiger partial charge in [-0.1, -0.05) is 19.3 Å². The zero-order chi connectivity index (χ0) is 15.3. The van der Waals surface area contributed by atoms with Gasteiger partial charge in [0.25, 0.3) is 0 Å². The minimum Gasteiger partial charge on any atom is -0.337 e. The number of nitrogens with two attached hydrogens (primary N) is 1. The summed E-state index contributed by atoms with van der Waals surface area (Å²) in [6, 6.07) is 3.11. The number of nitrogens with zero attached hydrogens (tertiary/aromatic N) is 2. The highest BCUT2D eigenvalue weighted by Gasteiger charge is 2.34. The third kappa shape index (κ3) is 4.42. The predicted octanol–water partition coefficient (Wildman–Crippen LogP) is 1.53. The number of carbonyl (C=O) groups excluding carboxylic acids is 1. The van der Waals surface area contributed by atoms with Crippen molar-refractivity contribution in [2.75, 3.05) is 13.6 Å². The van der Waals surface area contributed by atoms with E-state index in [-0.39, 0.29) is 5.91 Å². The smallest absolute Gasteiger partial charge is 0.235 e. The van der Waals surface area contributed by atoms with Crippen LogP contribution in [0.2, 0.25) is 0 Å². The Morgan fingerprint density at radius 2 is 1.90 bits per heavy atom. The molecule has 2 aliphatic carbocycles. The lowest BCUT2D eigenvalue weighted by Crippen LogP contribution is -2.52. The Hall–Kier alpha value is -1.12. The van der Waals surface area contributed by atoms with E-state index in [0.29, 0.717) is 18.6 Å². The van der Waals surface area contributed by atoms with E-state index in [1.807, 2.05) is 7.05 Å². The minimum atomic E-state index is -0.620. The third-order valence-corrected chi connectivity index (χ3v) is 5.06. The molecule has 0 radical (unpaired) electrons. The SMILES string of the molecule is CN(CC(=O)NC1(C#N)CCCCC1)C1CCC(N)CC1. The highest BCUT2D eigenvalue weighted by Crippen LogP contribution is 2.27. The average Bonchev–Trinajstić information content (AvgIpc) is 2.48. The summed E-state index contributed by atoms with van der Waals surface area (Å²) in [6.45, 7) is 0.378. The summed E-state index contributed by atoms with van der Waals surface area (Å²) in [6.07, 6.45) is 9.02. The van der Waals surface area contributed by atoms with Crippen molar-refractivity contribution in [1.82, 2.24) is 10.2 Å². The number of nitrogens with one attached hydrogen (secondary N) is 1. The number of amides is 1. The molecule has 118 valence electrons. The highest BCUT2D eigenvalue weighted by molar-refractivity contribution is 5.79. The second-order valence-corrected chi connectivity index (χ2v) is 6.79. The number of likely N-dealkylation sites (N-methyl/N-ethyl adjacent to an activating group) is 1. The molecule has 0 aromatic carbocycles. The first kappa shape index (κ1) is 16.3. The van der Waals surface area contributed by atoms with Gasteiger partial charge in [-0.25, -0.2) is 0 Å². The molecule has 0 aromatic heterocycles. The zero-order valence-corrected chi connectivity index (χ0v) is 13.1. The van der Waals surface area contributed by atoms with Gasteiger partial charge in [-0.05, 0) is 45.6 Å². The van der Waals surface area contributed by atoms with Gasteiger partial charge in [0.05, 0.1) is 12.6 Å². The van der Waals surface area contributed by atoms with Crippen LogP contribution in [-0.4, -0.2) is 42.0 Å². The maximum absolute atomic E-state index is 12.3. The van der Waals surface area contributed by atoms with E-state index in [9.17, 15) is 10.1 Å². The Morgan fingerprint density at radius 3 is 2.48 bits per heavy atom. The van der Waals surface area contributed by atoms with Gasteiger partial charge in [0.1, 0.15) is 5.54 Å². The summed E-state index contributed by atoms with van der Waals surface area (Å²) in [5.41, 5.74) is 5.30. The molecule has 2 aliphatic rings. The fourth-order valence-corrected chi connectivity index (χ4v) is 3.62. The van der Waals surface area contributed by atoms with E-state index in [0.717, 1.165) is 51.4 Å². The van der Waals surface area contributed by atoms with E-state index >= 15 is 0 Å². The minimum absolute atomic E-state index is 0.0178. The normalized spacial score (nSPS) is 28.9. The lowest BCUT2D eigenvalue weighted by molar-refractivity contribution is -0.124. The number of hydrogen-bond donors (Lipinski definition) is 2. The Kier molecular flexibility index (Phi) is 5.60. The maximum atomic E-state index is 12.3. The van der Waals surface area contributed by atoms with Crippen molar-refractivity contribution in [2.24, 2.45) is 5.73 Å². The molecule has 3 N–H and O–H groups in total. The van der Waals surface area contributed by atoms with E-state index in [1.165, 1.54) is 6.42 Å². The van der Waals surface area contributed by atoms with Crippen LogP contribution in [0.4, 0.5) is 0 Å². The Balaban J connectivity index is 1.82. The molecule has 1 amide bonds. The first-order valence-electron chi connectivity index (χ1n) is 8.23. The van der Waals surface area contributed by atoms with Crippen LogP contribution in [-0.2, 0) is 4.79 Å². The van der Waals surface area contributed by atoms with Crippen LogP contribution >= 0.6 is 0 Å². The molecule has 5 heteroatoms. The van der Waals surface area contributed by atoms with Crippen LogP contribution in [0, 0.1) is 11.3 Å². The van der Waals surface area contributed by atoms with Crippen LogP contribution in [0.1, 0.15) is 57.8 Å². The highest BCUT2D eigenvalue weighted by atomic mass is 16.2. The topological polar surface area (TPSA) is 82.2 Å². The van der Waals surface area contributed by atoms with E-state index < -0.39 is 5.54 Å². The average molecular weight is 292 g/mol. The fraction of sp³-hybridized carbons (Fsp3) is 0.875. The summed E-state index contributed by atoms with van der Waals surface area (Å²) in [5.74, 6) is -0.0178. The van der Waals surface area contributed by atoms with Crippen LogP contribution in [0.3, 0.4) is 0 Å². The molecular weight excluding hydrogens is 264 g/mol. The number of nitriles is 1. The van der Waals surface area contributed by atoms with Crippen molar-refractivity contribution in [3.05, 3.63) is 0 Å². The number of rotatable bonds is 4. The molecule has 5 nitrogen and oxygen atoms in total. The summed E-state index contributed by atoms with van der Waals surface area (Å²) in [5, 5.41) is 12.4. The molecule has 0 heterocycles. The quantitative estimate of drug-likeness (QED) is 0.823. The first-order chi connectivity index (χ1) is 10.0. The second kappa shape index (κ2) is 7.24. The van der Waals surface area contributed by atoms with Crippen molar-refractivity contribution < 1.29 is 4.79 Å². The van der Waals surface area contributed by atoms with Crippen LogP contribution in [0.5, 0.6) is 0 Å². The summed E-state index contributed by atoms with van der Waals surface area (Å²) < 4.78 is 0.